The molecule has 0 unspecified atom stereocenters. The van der Waals surface area contributed by atoms with Crippen LogP contribution in [0.4, 0.5) is 0 Å². The highest BCUT2D eigenvalue weighted by Crippen LogP contribution is 1.97. The van der Waals surface area contributed by atoms with Crippen LogP contribution >= 0.6 is 0 Å². The SMILES string of the molecule is CC(=O)O.CC(C)=C(C)CO. The Kier molecular flexibility index (Phi) is 8.48. The molecule has 11 heavy (non-hydrogen) atoms. The summed E-state index contributed by atoms with van der Waals surface area (Å²) in [5.41, 5.74) is 2.28. The van der Waals surface area contributed by atoms with Crippen molar-refractivity contribution in [2.24, 2.45) is 0 Å². The van der Waals surface area contributed by atoms with Gasteiger partial charge in [0.15, 0.2) is 0 Å². The van der Waals surface area contributed by atoms with Crippen molar-refractivity contribution >= 4 is 5.97 Å². The molecule has 3 heteroatoms. The molecule has 0 spiro atoms. The lowest BCUT2D eigenvalue weighted by atomic mass is 10.2. The van der Waals surface area contributed by atoms with Gasteiger partial charge in [0.05, 0.1) is 6.61 Å². The van der Waals surface area contributed by atoms with Gasteiger partial charge in [0.1, 0.15) is 0 Å². The number of aliphatic hydroxyl groups excluding tert-OH is 1. The third kappa shape index (κ3) is 17.6. The highest BCUT2D eigenvalue weighted by molar-refractivity contribution is 5.62. The van der Waals surface area contributed by atoms with Gasteiger partial charge in [-0.1, -0.05) is 5.57 Å². The van der Waals surface area contributed by atoms with Gasteiger partial charge in [-0.3, -0.25) is 4.79 Å². The van der Waals surface area contributed by atoms with Crippen LogP contribution in [0.2, 0.25) is 0 Å². The lowest BCUT2D eigenvalue weighted by molar-refractivity contribution is -0.134. The maximum atomic E-state index is 9.00. The zero-order valence-corrected chi connectivity index (χ0v) is 7.51. The van der Waals surface area contributed by atoms with Crippen molar-refractivity contribution in [3.63, 3.8) is 0 Å². The number of aliphatic carboxylic acids is 1. The molecule has 0 amide bonds. The molecular formula is C8H16O3. The minimum Gasteiger partial charge on any atom is -0.481 e. The summed E-state index contributed by atoms with van der Waals surface area (Å²) in [4.78, 5) is 9.00. The molecule has 0 fully saturated rings. The molecule has 66 valence electrons. The molecule has 3 nitrogen and oxygen atoms in total. The van der Waals surface area contributed by atoms with Gasteiger partial charge in [0.25, 0.3) is 5.97 Å². The molecule has 0 bridgehead atoms. The highest BCUT2D eigenvalue weighted by Gasteiger charge is 1.84. The second kappa shape index (κ2) is 7.28. The Morgan fingerprint density at radius 1 is 1.18 bits per heavy atom. The largest absolute Gasteiger partial charge is 0.481 e. The standard InChI is InChI=1S/C6H12O.C2H4O2/c1-5(2)6(3)4-7;1-2(3)4/h7H,4H2,1-3H3;1H3,(H,3,4). The lowest BCUT2D eigenvalue weighted by Gasteiger charge is -1.94. The van der Waals surface area contributed by atoms with E-state index in [0.717, 1.165) is 12.5 Å². The number of rotatable bonds is 1. The first-order valence-corrected chi connectivity index (χ1v) is 3.35. The lowest BCUT2D eigenvalue weighted by Crippen LogP contribution is -1.85. The van der Waals surface area contributed by atoms with Gasteiger partial charge in [0, 0.05) is 6.92 Å². The molecule has 0 aromatic carbocycles. The molecule has 0 aromatic heterocycles. The van der Waals surface area contributed by atoms with E-state index < -0.39 is 5.97 Å². The predicted octanol–water partition coefficient (Wildman–Crippen LogP) is 1.43. The first-order valence-electron chi connectivity index (χ1n) is 3.35. The molecule has 0 aliphatic rings. The molecule has 0 heterocycles. The van der Waals surface area contributed by atoms with Crippen molar-refractivity contribution in [1.29, 1.82) is 0 Å². The second-order valence-corrected chi connectivity index (χ2v) is 2.46. The summed E-state index contributed by atoms with van der Waals surface area (Å²) in [7, 11) is 0. The Labute approximate surface area is 67.4 Å². The number of hydrogen-bond acceptors (Lipinski definition) is 2. The Hall–Kier alpha value is -0.830. The van der Waals surface area contributed by atoms with E-state index in [1.165, 1.54) is 5.57 Å². The fourth-order valence-electron chi connectivity index (χ4n) is 0.158. The molecular weight excluding hydrogens is 144 g/mol. The van der Waals surface area contributed by atoms with Crippen molar-refractivity contribution < 1.29 is 15.0 Å². The molecule has 0 saturated heterocycles. The molecule has 0 aliphatic heterocycles. The van der Waals surface area contributed by atoms with Crippen molar-refractivity contribution in [2.75, 3.05) is 6.61 Å². The third-order valence-corrected chi connectivity index (χ3v) is 1.09. The van der Waals surface area contributed by atoms with Crippen LogP contribution in [-0.2, 0) is 4.79 Å². The van der Waals surface area contributed by atoms with Crippen LogP contribution in [0.3, 0.4) is 0 Å². The van der Waals surface area contributed by atoms with Crippen molar-refractivity contribution in [1.82, 2.24) is 0 Å². The summed E-state index contributed by atoms with van der Waals surface area (Å²) < 4.78 is 0. The van der Waals surface area contributed by atoms with E-state index >= 15 is 0 Å². The summed E-state index contributed by atoms with van der Waals surface area (Å²) in [6, 6.07) is 0. The summed E-state index contributed by atoms with van der Waals surface area (Å²) in [5.74, 6) is -0.833. The molecule has 0 aromatic rings. The summed E-state index contributed by atoms with van der Waals surface area (Å²) in [5, 5.41) is 15.9. The molecule has 0 saturated carbocycles. The van der Waals surface area contributed by atoms with E-state index in [2.05, 4.69) is 0 Å². The van der Waals surface area contributed by atoms with Crippen LogP contribution < -0.4 is 0 Å². The van der Waals surface area contributed by atoms with Gasteiger partial charge in [-0.05, 0) is 26.3 Å². The van der Waals surface area contributed by atoms with Crippen LogP contribution in [0.1, 0.15) is 27.7 Å². The molecule has 0 radical (unpaired) electrons. The van der Waals surface area contributed by atoms with E-state index in [1.807, 2.05) is 20.8 Å². The van der Waals surface area contributed by atoms with E-state index in [0.29, 0.717) is 0 Å². The Balaban J connectivity index is 0. The summed E-state index contributed by atoms with van der Waals surface area (Å²) in [6.45, 7) is 7.19. The molecule has 0 rings (SSSR count). The zero-order chi connectivity index (χ0) is 9.44. The summed E-state index contributed by atoms with van der Waals surface area (Å²) >= 11 is 0. The smallest absolute Gasteiger partial charge is 0.300 e. The molecule has 0 atom stereocenters. The maximum absolute atomic E-state index is 9.00. The first kappa shape index (κ1) is 12.8. The van der Waals surface area contributed by atoms with Gasteiger partial charge in [-0.2, -0.15) is 0 Å². The van der Waals surface area contributed by atoms with Gasteiger partial charge in [0.2, 0.25) is 0 Å². The number of hydrogen-bond donors (Lipinski definition) is 2. The van der Waals surface area contributed by atoms with Crippen LogP contribution in [0.15, 0.2) is 11.1 Å². The number of carboxylic acid groups (broad SMARTS) is 1. The topological polar surface area (TPSA) is 57.5 Å². The van der Waals surface area contributed by atoms with Crippen molar-refractivity contribution in [2.45, 2.75) is 27.7 Å². The normalized spacial score (nSPS) is 7.73. The fourth-order valence-corrected chi connectivity index (χ4v) is 0.158. The average molecular weight is 160 g/mol. The van der Waals surface area contributed by atoms with Crippen LogP contribution in [0.5, 0.6) is 0 Å². The van der Waals surface area contributed by atoms with Gasteiger partial charge >= 0.3 is 0 Å². The van der Waals surface area contributed by atoms with E-state index in [4.69, 9.17) is 15.0 Å². The van der Waals surface area contributed by atoms with Crippen molar-refractivity contribution in [3.05, 3.63) is 11.1 Å². The van der Waals surface area contributed by atoms with E-state index in [1.54, 1.807) is 0 Å². The van der Waals surface area contributed by atoms with Crippen LogP contribution in [-0.4, -0.2) is 22.8 Å². The Morgan fingerprint density at radius 2 is 1.45 bits per heavy atom. The Morgan fingerprint density at radius 3 is 1.45 bits per heavy atom. The summed E-state index contributed by atoms with van der Waals surface area (Å²) in [6.07, 6.45) is 0. The highest BCUT2D eigenvalue weighted by atomic mass is 16.4. The second-order valence-electron chi connectivity index (χ2n) is 2.46. The number of carbonyl (C=O) groups is 1. The number of allylic oxidation sites excluding steroid dienone is 1. The van der Waals surface area contributed by atoms with E-state index in [9.17, 15) is 0 Å². The van der Waals surface area contributed by atoms with Gasteiger partial charge in [-0.25, -0.2) is 0 Å². The number of carboxylic acids is 1. The molecule has 0 aliphatic carbocycles. The Bertz CT molecular complexity index is 139. The predicted molar refractivity (Wildman–Crippen MR) is 44.4 cm³/mol. The van der Waals surface area contributed by atoms with Crippen LogP contribution in [0, 0.1) is 0 Å². The quantitative estimate of drug-likeness (QED) is 0.570. The minimum atomic E-state index is -0.833. The monoisotopic (exact) mass is 160 g/mol. The minimum absolute atomic E-state index is 0.197. The molecule has 2 N–H and O–H groups in total. The first-order chi connectivity index (χ1) is 4.91. The van der Waals surface area contributed by atoms with Crippen LogP contribution in [0.25, 0.3) is 0 Å². The average Bonchev–Trinajstić information content (AvgIpc) is 1.85. The van der Waals surface area contributed by atoms with E-state index in [-0.39, 0.29) is 6.61 Å². The van der Waals surface area contributed by atoms with Gasteiger partial charge < -0.3 is 10.2 Å². The third-order valence-electron chi connectivity index (χ3n) is 1.09. The zero-order valence-electron chi connectivity index (χ0n) is 7.51. The maximum Gasteiger partial charge on any atom is 0.300 e. The van der Waals surface area contributed by atoms with Gasteiger partial charge in [-0.15, -0.1) is 0 Å². The van der Waals surface area contributed by atoms with Crippen molar-refractivity contribution in [3.8, 4) is 0 Å². The number of aliphatic hydroxyl groups is 1. The fraction of sp³-hybridized carbons (Fsp3) is 0.625.